The summed E-state index contributed by atoms with van der Waals surface area (Å²) in [5.41, 5.74) is 9.34. The number of nitrogens with one attached hydrogen (secondary N) is 3. The standard InChI is InChI=1S/C21H23ClN4O4/c1-3-29-19-11-14(12-23-26-20(27)17-10-13(2)24-25-17)8-9-18(19)30-21(28)15-6-4-5-7-16(15)22/h4-9,11-13,17,24-25H,3,10H2,1-2H3,(H,26,27)/b23-12+. The molecule has 0 spiro atoms. The molecule has 9 heteroatoms. The molecule has 0 aliphatic carbocycles. The number of esters is 1. The number of carbonyl (C=O) groups excluding carboxylic acids is 2. The molecule has 2 atom stereocenters. The summed E-state index contributed by atoms with van der Waals surface area (Å²) >= 11 is 6.06. The van der Waals surface area contributed by atoms with E-state index in [9.17, 15) is 9.59 Å². The number of hydrazone groups is 1. The highest BCUT2D eigenvalue weighted by Crippen LogP contribution is 2.29. The number of ether oxygens (including phenoxy) is 2. The van der Waals surface area contributed by atoms with Gasteiger partial charge < -0.3 is 9.47 Å². The van der Waals surface area contributed by atoms with Crippen LogP contribution in [0.25, 0.3) is 0 Å². The van der Waals surface area contributed by atoms with Crippen LogP contribution in [0.1, 0.15) is 36.2 Å². The molecule has 0 bridgehead atoms. The van der Waals surface area contributed by atoms with E-state index < -0.39 is 5.97 Å². The first-order valence-electron chi connectivity index (χ1n) is 9.55. The van der Waals surface area contributed by atoms with Gasteiger partial charge in [0.25, 0.3) is 5.91 Å². The first-order chi connectivity index (χ1) is 14.5. The van der Waals surface area contributed by atoms with Crippen LogP contribution >= 0.6 is 11.6 Å². The molecular formula is C21H23ClN4O4. The highest BCUT2D eigenvalue weighted by molar-refractivity contribution is 6.33. The molecule has 0 radical (unpaired) electrons. The van der Waals surface area contributed by atoms with E-state index in [0.29, 0.717) is 29.4 Å². The summed E-state index contributed by atoms with van der Waals surface area (Å²) in [6.45, 7) is 4.19. The summed E-state index contributed by atoms with van der Waals surface area (Å²) in [4.78, 5) is 24.5. The Morgan fingerprint density at radius 2 is 2.03 bits per heavy atom. The summed E-state index contributed by atoms with van der Waals surface area (Å²) in [5.74, 6) is -0.164. The second-order valence-corrected chi connectivity index (χ2v) is 7.13. The van der Waals surface area contributed by atoms with Gasteiger partial charge in [-0.05, 0) is 56.2 Å². The monoisotopic (exact) mass is 430 g/mol. The lowest BCUT2D eigenvalue weighted by Crippen LogP contribution is -2.41. The van der Waals surface area contributed by atoms with Crippen LogP contribution in [0.3, 0.4) is 0 Å². The number of benzene rings is 2. The first kappa shape index (κ1) is 21.8. The predicted octanol–water partition coefficient (Wildman–Crippen LogP) is 2.66. The van der Waals surface area contributed by atoms with E-state index in [1.807, 2.05) is 13.8 Å². The average Bonchev–Trinajstić information content (AvgIpc) is 3.16. The van der Waals surface area contributed by atoms with Crippen LogP contribution in [0.15, 0.2) is 47.6 Å². The lowest BCUT2D eigenvalue weighted by atomic mass is 10.1. The summed E-state index contributed by atoms with van der Waals surface area (Å²) < 4.78 is 11.1. The maximum Gasteiger partial charge on any atom is 0.345 e. The van der Waals surface area contributed by atoms with Crippen molar-refractivity contribution in [1.82, 2.24) is 16.3 Å². The molecule has 3 rings (SSSR count). The number of amides is 1. The molecule has 158 valence electrons. The third-order valence-corrected chi connectivity index (χ3v) is 4.69. The molecular weight excluding hydrogens is 408 g/mol. The number of halogens is 1. The van der Waals surface area contributed by atoms with Gasteiger partial charge in [0.05, 0.1) is 23.4 Å². The van der Waals surface area contributed by atoms with Gasteiger partial charge in [-0.15, -0.1) is 0 Å². The topological polar surface area (TPSA) is 101 Å². The van der Waals surface area contributed by atoms with Crippen molar-refractivity contribution >= 4 is 29.7 Å². The van der Waals surface area contributed by atoms with Crippen LogP contribution in [0.2, 0.25) is 5.02 Å². The van der Waals surface area contributed by atoms with Crippen LogP contribution in [-0.4, -0.2) is 36.8 Å². The molecule has 2 aromatic carbocycles. The molecule has 2 unspecified atom stereocenters. The van der Waals surface area contributed by atoms with Crippen molar-refractivity contribution in [2.75, 3.05) is 6.61 Å². The normalized spacial score (nSPS) is 18.4. The highest BCUT2D eigenvalue weighted by atomic mass is 35.5. The fourth-order valence-electron chi connectivity index (χ4n) is 2.87. The van der Waals surface area contributed by atoms with Crippen LogP contribution < -0.4 is 25.8 Å². The second kappa shape index (κ2) is 10.2. The number of rotatable bonds is 7. The third kappa shape index (κ3) is 5.56. The van der Waals surface area contributed by atoms with Gasteiger partial charge in [0.1, 0.15) is 6.04 Å². The molecule has 2 aromatic rings. The minimum atomic E-state index is -0.581. The zero-order valence-corrected chi connectivity index (χ0v) is 17.4. The van der Waals surface area contributed by atoms with Gasteiger partial charge in [-0.1, -0.05) is 23.7 Å². The number of hydrogen-bond donors (Lipinski definition) is 3. The van der Waals surface area contributed by atoms with E-state index in [1.165, 1.54) is 6.21 Å². The van der Waals surface area contributed by atoms with Gasteiger partial charge in [0, 0.05) is 6.04 Å². The van der Waals surface area contributed by atoms with E-state index in [1.54, 1.807) is 42.5 Å². The Morgan fingerprint density at radius 3 is 2.73 bits per heavy atom. The van der Waals surface area contributed by atoms with Crippen molar-refractivity contribution < 1.29 is 19.1 Å². The van der Waals surface area contributed by atoms with E-state index in [-0.39, 0.29) is 29.3 Å². The second-order valence-electron chi connectivity index (χ2n) is 6.72. The zero-order chi connectivity index (χ0) is 21.5. The largest absolute Gasteiger partial charge is 0.490 e. The van der Waals surface area contributed by atoms with Gasteiger partial charge in [-0.2, -0.15) is 5.10 Å². The van der Waals surface area contributed by atoms with Crippen molar-refractivity contribution in [2.45, 2.75) is 32.4 Å². The van der Waals surface area contributed by atoms with Gasteiger partial charge in [-0.3, -0.25) is 10.2 Å². The van der Waals surface area contributed by atoms with Gasteiger partial charge in [0.15, 0.2) is 11.5 Å². The average molecular weight is 431 g/mol. The van der Waals surface area contributed by atoms with Crippen LogP contribution in [-0.2, 0) is 4.79 Å². The molecule has 0 saturated carbocycles. The van der Waals surface area contributed by atoms with Crippen LogP contribution in [0, 0.1) is 0 Å². The Morgan fingerprint density at radius 1 is 1.23 bits per heavy atom. The Kier molecular flexibility index (Phi) is 7.40. The number of carbonyl (C=O) groups is 2. The molecule has 8 nitrogen and oxygen atoms in total. The number of nitrogens with zero attached hydrogens (tertiary/aromatic N) is 1. The molecule has 1 amide bonds. The van der Waals surface area contributed by atoms with E-state index in [0.717, 1.165) is 0 Å². The number of hydrazine groups is 1. The maximum absolute atomic E-state index is 12.4. The van der Waals surface area contributed by atoms with Gasteiger partial charge >= 0.3 is 5.97 Å². The molecule has 1 aliphatic rings. The SMILES string of the molecule is CCOc1cc(/C=N/NC(=O)C2CC(C)NN2)ccc1OC(=O)c1ccccc1Cl. The molecule has 3 N–H and O–H groups in total. The van der Waals surface area contributed by atoms with E-state index in [2.05, 4.69) is 21.4 Å². The Hall–Kier alpha value is -2.94. The van der Waals surface area contributed by atoms with Gasteiger partial charge in [0.2, 0.25) is 0 Å². The fraction of sp³-hybridized carbons (Fsp3) is 0.286. The smallest absolute Gasteiger partial charge is 0.345 e. The summed E-state index contributed by atoms with van der Waals surface area (Å²) in [6, 6.07) is 11.5. The molecule has 1 heterocycles. The van der Waals surface area contributed by atoms with E-state index in [4.69, 9.17) is 21.1 Å². The number of hydrogen-bond acceptors (Lipinski definition) is 7. The van der Waals surface area contributed by atoms with Crippen LogP contribution in [0.5, 0.6) is 11.5 Å². The van der Waals surface area contributed by atoms with E-state index >= 15 is 0 Å². The molecule has 30 heavy (non-hydrogen) atoms. The highest BCUT2D eigenvalue weighted by Gasteiger charge is 2.26. The first-order valence-corrected chi connectivity index (χ1v) is 9.93. The Labute approximate surface area is 179 Å². The third-order valence-electron chi connectivity index (χ3n) is 4.36. The van der Waals surface area contributed by atoms with Crippen molar-refractivity contribution in [3.8, 4) is 11.5 Å². The van der Waals surface area contributed by atoms with Crippen molar-refractivity contribution in [1.29, 1.82) is 0 Å². The Bertz CT molecular complexity index is 950. The van der Waals surface area contributed by atoms with Crippen molar-refractivity contribution in [3.63, 3.8) is 0 Å². The molecule has 1 aliphatic heterocycles. The maximum atomic E-state index is 12.4. The molecule has 0 aromatic heterocycles. The quantitative estimate of drug-likeness (QED) is 0.270. The summed E-state index contributed by atoms with van der Waals surface area (Å²) in [6.07, 6.45) is 2.17. The van der Waals surface area contributed by atoms with Crippen LogP contribution in [0.4, 0.5) is 0 Å². The molecule has 1 fully saturated rings. The zero-order valence-electron chi connectivity index (χ0n) is 16.6. The minimum Gasteiger partial charge on any atom is -0.490 e. The lowest BCUT2D eigenvalue weighted by Gasteiger charge is -2.12. The fourth-order valence-corrected chi connectivity index (χ4v) is 3.09. The molecule has 1 saturated heterocycles. The minimum absolute atomic E-state index is 0.222. The lowest BCUT2D eigenvalue weighted by molar-refractivity contribution is -0.122. The predicted molar refractivity (Wildman–Crippen MR) is 114 cm³/mol. The van der Waals surface area contributed by atoms with Crippen molar-refractivity contribution in [3.05, 3.63) is 58.6 Å². The summed E-state index contributed by atoms with van der Waals surface area (Å²) in [7, 11) is 0. The van der Waals surface area contributed by atoms with Crippen molar-refractivity contribution in [2.24, 2.45) is 5.10 Å². The van der Waals surface area contributed by atoms with Gasteiger partial charge in [-0.25, -0.2) is 15.6 Å². The summed E-state index contributed by atoms with van der Waals surface area (Å²) in [5, 5.41) is 4.30. The Balaban J connectivity index is 1.68.